The number of likely N-dealkylation sites (tertiary alicyclic amines) is 1. The van der Waals surface area contributed by atoms with Crippen molar-refractivity contribution in [3.63, 3.8) is 0 Å². The molecule has 3 aromatic carbocycles. The van der Waals surface area contributed by atoms with E-state index in [0.717, 1.165) is 49.7 Å². The van der Waals surface area contributed by atoms with Crippen molar-refractivity contribution in [3.05, 3.63) is 95.1 Å². The van der Waals surface area contributed by atoms with E-state index < -0.39 is 10.0 Å². The number of sulfonamides is 1. The van der Waals surface area contributed by atoms with Gasteiger partial charge in [0.15, 0.2) is 0 Å². The largest absolute Gasteiger partial charge is 0.339 e. The molecule has 1 saturated heterocycles. The fourth-order valence-electron chi connectivity index (χ4n) is 4.28. The van der Waals surface area contributed by atoms with Crippen LogP contribution in [0.3, 0.4) is 0 Å². The molecule has 0 spiro atoms. The fourth-order valence-corrected chi connectivity index (χ4v) is 5.17. The summed E-state index contributed by atoms with van der Waals surface area (Å²) in [6.07, 6.45) is 4.26. The number of anilines is 2. The van der Waals surface area contributed by atoms with Crippen LogP contribution in [0.2, 0.25) is 0 Å². The van der Waals surface area contributed by atoms with Gasteiger partial charge in [0.1, 0.15) is 0 Å². The smallest absolute Gasteiger partial charge is 0.255 e. The number of para-hydroxylation sites is 1. The number of nitrogens with one attached hydrogen (secondary N) is 1. The van der Waals surface area contributed by atoms with Crippen LogP contribution >= 0.6 is 0 Å². The van der Waals surface area contributed by atoms with Gasteiger partial charge in [-0.15, -0.1) is 0 Å². The lowest BCUT2D eigenvalue weighted by Gasteiger charge is -2.27. The highest BCUT2D eigenvalue weighted by atomic mass is 32.2. The highest BCUT2D eigenvalue weighted by Crippen LogP contribution is 2.24. The Kier molecular flexibility index (Phi) is 7.74. The van der Waals surface area contributed by atoms with E-state index in [-0.39, 0.29) is 18.4 Å². The summed E-state index contributed by atoms with van der Waals surface area (Å²) < 4.78 is 26.3. The Morgan fingerprint density at radius 2 is 1.53 bits per heavy atom. The second-order valence-corrected chi connectivity index (χ2v) is 11.1. The van der Waals surface area contributed by atoms with E-state index >= 15 is 0 Å². The summed E-state index contributed by atoms with van der Waals surface area (Å²) in [7, 11) is -3.54. The lowest BCUT2D eigenvalue weighted by Crippen LogP contribution is -2.36. The monoisotopic (exact) mass is 505 g/mol. The van der Waals surface area contributed by atoms with Gasteiger partial charge in [0, 0.05) is 18.7 Å². The molecule has 1 aliphatic heterocycles. The topological polar surface area (TPSA) is 86.8 Å². The van der Waals surface area contributed by atoms with Crippen LogP contribution in [-0.2, 0) is 16.6 Å². The van der Waals surface area contributed by atoms with Crippen LogP contribution in [0.25, 0.3) is 0 Å². The minimum atomic E-state index is -3.54. The van der Waals surface area contributed by atoms with Gasteiger partial charge in [0.05, 0.1) is 29.7 Å². The first-order chi connectivity index (χ1) is 17.2. The lowest BCUT2D eigenvalue weighted by atomic mass is 10.1. The first-order valence-corrected chi connectivity index (χ1v) is 13.9. The molecule has 36 heavy (non-hydrogen) atoms. The molecule has 1 heterocycles. The van der Waals surface area contributed by atoms with E-state index in [1.807, 2.05) is 36.1 Å². The molecule has 1 aliphatic rings. The maximum atomic E-state index is 13.0. The number of benzene rings is 3. The molecule has 0 atom stereocenters. The van der Waals surface area contributed by atoms with Crippen molar-refractivity contribution in [2.75, 3.05) is 29.0 Å². The zero-order valence-corrected chi connectivity index (χ0v) is 21.4. The van der Waals surface area contributed by atoms with Gasteiger partial charge in [0.2, 0.25) is 10.0 Å². The van der Waals surface area contributed by atoms with Crippen LogP contribution in [0.1, 0.15) is 51.1 Å². The molecule has 0 aliphatic carbocycles. The Hall–Kier alpha value is -3.65. The third-order valence-corrected chi connectivity index (χ3v) is 7.45. The van der Waals surface area contributed by atoms with Gasteiger partial charge >= 0.3 is 0 Å². The second-order valence-electron chi connectivity index (χ2n) is 9.15. The van der Waals surface area contributed by atoms with Crippen molar-refractivity contribution in [1.29, 1.82) is 0 Å². The van der Waals surface area contributed by atoms with E-state index in [1.165, 1.54) is 4.31 Å². The van der Waals surface area contributed by atoms with Gasteiger partial charge in [0.25, 0.3) is 11.8 Å². The van der Waals surface area contributed by atoms with Crippen LogP contribution in [-0.4, -0.2) is 44.5 Å². The van der Waals surface area contributed by atoms with Crippen molar-refractivity contribution >= 4 is 33.2 Å². The van der Waals surface area contributed by atoms with Crippen molar-refractivity contribution in [2.45, 2.75) is 32.7 Å². The standard InChI is InChI=1S/C28H31N3O4S/c1-21-10-12-22(13-11-21)20-31(36(2,34)35)24-16-14-23(15-17-24)27(32)29-26-9-5-4-8-25(26)28(33)30-18-6-3-7-19-30/h4-5,8-17H,3,6-7,18-20H2,1-2H3,(H,29,32). The Morgan fingerprint density at radius 1 is 0.889 bits per heavy atom. The highest BCUT2D eigenvalue weighted by Gasteiger charge is 2.22. The maximum Gasteiger partial charge on any atom is 0.255 e. The zero-order valence-electron chi connectivity index (χ0n) is 20.6. The number of amides is 2. The molecular formula is C28H31N3O4S. The third kappa shape index (κ3) is 6.12. The van der Waals surface area contributed by atoms with Crippen molar-refractivity contribution < 1.29 is 18.0 Å². The van der Waals surface area contributed by atoms with Crippen LogP contribution in [0.15, 0.2) is 72.8 Å². The van der Waals surface area contributed by atoms with Gasteiger partial charge in [-0.25, -0.2) is 8.42 Å². The third-order valence-electron chi connectivity index (χ3n) is 6.31. The fraction of sp³-hybridized carbons (Fsp3) is 0.286. The Morgan fingerprint density at radius 3 is 2.17 bits per heavy atom. The summed E-state index contributed by atoms with van der Waals surface area (Å²) in [5.74, 6) is -0.453. The van der Waals surface area contributed by atoms with E-state index in [1.54, 1.807) is 48.5 Å². The SMILES string of the molecule is Cc1ccc(CN(c2ccc(C(=O)Nc3ccccc3C(=O)N3CCCCC3)cc2)S(C)(=O)=O)cc1. The molecule has 1 N–H and O–H groups in total. The van der Waals surface area contributed by atoms with E-state index in [9.17, 15) is 18.0 Å². The lowest BCUT2D eigenvalue weighted by molar-refractivity contribution is 0.0725. The van der Waals surface area contributed by atoms with Gasteiger partial charge in [-0.1, -0.05) is 42.0 Å². The summed E-state index contributed by atoms with van der Waals surface area (Å²) in [5.41, 5.74) is 3.71. The average Bonchev–Trinajstić information content (AvgIpc) is 2.88. The van der Waals surface area contributed by atoms with Crippen LogP contribution in [0, 0.1) is 6.92 Å². The number of aryl methyl sites for hydroxylation is 1. The molecule has 0 unspecified atom stereocenters. The number of piperidine rings is 1. The molecule has 1 fully saturated rings. The normalized spacial score (nSPS) is 13.8. The molecule has 188 valence electrons. The quantitative estimate of drug-likeness (QED) is 0.498. The number of carbonyl (C=O) groups is 2. The van der Waals surface area contributed by atoms with Gasteiger partial charge in [-0.2, -0.15) is 0 Å². The Balaban J connectivity index is 1.51. The van der Waals surface area contributed by atoms with Crippen LogP contribution < -0.4 is 9.62 Å². The van der Waals surface area contributed by atoms with Gasteiger partial charge in [-0.05, 0) is 68.1 Å². The molecule has 8 heteroatoms. The molecule has 0 aromatic heterocycles. The summed E-state index contributed by atoms with van der Waals surface area (Å²) in [4.78, 5) is 27.9. The maximum absolute atomic E-state index is 13.0. The predicted octanol–water partition coefficient (Wildman–Crippen LogP) is 4.84. The molecule has 0 radical (unpaired) electrons. The van der Waals surface area contributed by atoms with E-state index in [2.05, 4.69) is 5.32 Å². The summed E-state index contributed by atoms with van der Waals surface area (Å²) in [6.45, 7) is 3.62. The van der Waals surface area contributed by atoms with Crippen molar-refractivity contribution in [2.24, 2.45) is 0 Å². The molecular weight excluding hydrogens is 474 g/mol. The second kappa shape index (κ2) is 11.0. The summed E-state index contributed by atoms with van der Waals surface area (Å²) >= 11 is 0. The first kappa shape index (κ1) is 25.4. The minimum absolute atomic E-state index is 0.0825. The zero-order chi connectivity index (χ0) is 25.7. The Bertz CT molecular complexity index is 1330. The molecule has 0 saturated carbocycles. The number of carbonyl (C=O) groups excluding carboxylic acids is 2. The minimum Gasteiger partial charge on any atom is -0.339 e. The number of hydrogen-bond donors (Lipinski definition) is 1. The molecule has 0 bridgehead atoms. The summed E-state index contributed by atoms with van der Waals surface area (Å²) in [6, 6.07) is 21.1. The number of hydrogen-bond acceptors (Lipinski definition) is 4. The summed E-state index contributed by atoms with van der Waals surface area (Å²) in [5, 5.41) is 2.85. The van der Waals surface area contributed by atoms with E-state index in [0.29, 0.717) is 22.5 Å². The molecule has 3 aromatic rings. The Labute approximate surface area is 212 Å². The predicted molar refractivity (Wildman–Crippen MR) is 143 cm³/mol. The molecule has 4 rings (SSSR count). The van der Waals surface area contributed by atoms with Gasteiger partial charge < -0.3 is 10.2 Å². The van der Waals surface area contributed by atoms with Gasteiger partial charge in [-0.3, -0.25) is 13.9 Å². The van der Waals surface area contributed by atoms with E-state index in [4.69, 9.17) is 0 Å². The average molecular weight is 506 g/mol. The van der Waals surface area contributed by atoms with Crippen molar-refractivity contribution in [1.82, 2.24) is 4.90 Å². The first-order valence-electron chi connectivity index (χ1n) is 12.1. The van der Waals surface area contributed by atoms with Crippen molar-refractivity contribution in [3.8, 4) is 0 Å². The molecule has 7 nitrogen and oxygen atoms in total. The highest BCUT2D eigenvalue weighted by molar-refractivity contribution is 7.92. The van der Waals surface area contributed by atoms with Crippen LogP contribution in [0.4, 0.5) is 11.4 Å². The number of rotatable bonds is 7. The molecule has 2 amide bonds. The number of nitrogens with zero attached hydrogens (tertiary/aromatic N) is 2. The van der Waals surface area contributed by atoms with Crippen LogP contribution in [0.5, 0.6) is 0 Å².